The van der Waals surface area contributed by atoms with E-state index in [1.807, 2.05) is 42.2 Å². The predicted molar refractivity (Wildman–Crippen MR) is 52.5 cm³/mol. The maximum Gasteiger partial charge on any atom is 0.169 e. The molecule has 0 saturated carbocycles. The van der Waals surface area contributed by atoms with E-state index in [2.05, 4.69) is 12.1 Å². The molecule has 0 aliphatic heterocycles. The molecule has 0 fully saturated rings. The normalized spacial score (nSPS) is 10.4. The van der Waals surface area contributed by atoms with E-state index in [9.17, 15) is 0 Å². The van der Waals surface area contributed by atoms with Crippen molar-refractivity contribution in [3.63, 3.8) is 0 Å². The van der Waals surface area contributed by atoms with Gasteiger partial charge in [-0.1, -0.05) is 12.1 Å². The van der Waals surface area contributed by atoms with Gasteiger partial charge in [-0.05, 0) is 6.42 Å². The molecular weight excluding hydrogens is 176 g/mol. The van der Waals surface area contributed by atoms with Crippen molar-refractivity contribution in [2.45, 2.75) is 13.3 Å². The molecule has 0 amide bonds. The highest BCUT2D eigenvalue weighted by Crippen LogP contribution is 2.18. The van der Waals surface area contributed by atoms with E-state index >= 15 is 0 Å². The van der Waals surface area contributed by atoms with Gasteiger partial charge >= 0.3 is 0 Å². The molecule has 0 aliphatic rings. The van der Waals surface area contributed by atoms with Crippen molar-refractivity contribution in [1.29, 1.82) is 0 Å². The van der Waals surface area contributed by atoms with Gasteiger partial charge in [-0.25, -0.2) is 4.57 Å². The Labute approximate surface area is 83.0 Å². The molecule has 0 saturated heterocycles. The first-order valence-electron chi connectivity index (χ1n) is 4.71. The van der Waals surface area contributed by atoms with E-state index < -0.39 is 0 Å². The zero-order valence-electron chi connectivity index (χ0n) is 8.40. The summed E-state index contributed by atoms with van der Waals surface area (Å²) in [5.41, 5.74) is 2.06. The summed E-state index contributed by atoms with van der Waals surface area (Å²) >= 11 is 0. The standard InChI is InChI=1S/C11H13N2O/c1-3-10-8-11(14-12-10)9-4-6-13(2)7-5-9/h4-8H,3H2,1-2H3/q+1. The Bertz CT molecular complexity index is 417. The molecule has 2 aromatic heterocycles. The summed E-state index contributed by atoms with van der Waals surface area (Å²) in [4.78, 5) is 0. The number of hydrogen-bond donors (Lipinski definition) is 0. The molecule has 3 heteroatoms. The van der Waals surface area contributed by atoms with Crippen LogP contribution in [0, 0.1) is 0 Å². The summed E-state index contributed by atoms with van der Waals surface area (Å²) in [7, 11) is 1.99. The zero-order chi connectivity index (χ0) is 9.97. The molecule has 0 radical (unpaired) electrons. The highest BCUT2D eigenvalue weighted by atomic mass is 16.5. The fraction of sp³-hybridized carbons (Fsp3) is 0.273. The van der Waals surface area contributed by atoms with Crippen molar-refractivity contribution in [3.05, 3.63) is 36.3 Å². The van der Waals surface area contributed by atoms with E-state index in [0.29, 0.717) is 0 Å². The molecule has 0 spiro atoms. The van der Waals surface area contributed by atoms with E-state index in [4.69, 9.17) is 4.52 Å². The Balaban J connectivity index is 2.34. The van der Waals surface area contributed by atoms with Crippen LogP contribution in [0.25, 0.3) is 11.3 Å². The average molecular weight is 189 g/mol. The Morgan fingerprint density at radius 1 is 1.36 bits per heavy atom. The van der Waals surface area contributed by atoms with Crippen LogP contribution in [0.2, 0.25) is 0 Å². The van der Waals surface area contributed by atoms with Crippen LogP contribution in [0.5, 0.6) is 0 Å². The number of aryl methyl sites for hydroxylation is 2. The smallest absolute Gasteiger partial charge is 0.169 e. The van der Waals surface area contributed by atoms with Gasteiger partial charge in [-0.15, -0.1) is 0 Å². The maximum absolute atomic E-state index is 5.22. The molecule has 2 aromatic rings. The number of hydrogen-bond acceptors (Lipinski definition) is 2. The van der Waals surface area contributed by atoms with Crippen LogP contribution in [0.4, 0.5) is 0 Å². The van der Waals surface area contributed by atoms with Gasteiger partial charge in [0.15, 0.2) is 18.2 Å². The summed E-state index contributed by atoms with van der Waals surface area (Å²) in [6, 6.07) is 6.01. The van der Waals surface area contributed by atoms with Crippen molar-refractivity contribution in [2.24, 2.45) is 7.05 Å². The monoisotopic (exact) mass is 189 g/mol. The largest absolute Gasteiger partial charge is 0.356 e. The van der Waals surface area contributed by atoms with Crippen LogP contribution in [0.1, 0.15) is 12.6 Å². The molecule has 2 heterocycles. The predicted octanol–water partition coefficient (Wildman–Crippen LogP) is 1.73. The molecular formula is C11H13N2O+. The molecule has 0 aromatic carbocycles. The van der Waals surface area contributed by atoms with Gasteiger partial charge < -0.3 is 4.52 Å². The summed E-state index contributed by atoms with van der Waals surface area (Å²) < 4.78 is 7.21. The van der Waals surface area contributed by atoms with Crippen molar-refractivity contribution in [1.82, 2.24) is 5.16 Å². The molecule has 14 heavy (non-hydrogen) atoms. The van der Waals surface area contributed by atoms with Gasteiger partial charge in [0.05, 0.1) is 5.69 Å². The lowest BCUT2D eigenvalue weighted by Gasteiger charge is -1.91. The second-order valence-electron chi connectivity index (χ2n) is 3.29. The average Bonchev–Trinajstić information content (AvgIpc) is 2.67. The van der Waals surface area contributed by atoms with Crippen molar-refractivity contribution in [2.75, 3.05) is 0 Å². The minimum absolute atomic E-state index is 0.836. The van der Waals surface area contributed by atoms with Gasteiger partial charge in [-0.2, -0.15) is 0 Å². The number of pyridine rings is 1. The van der Waals surface area contributed by atoms with Crippen LogP contribution in [0.3, 0.4) is 0 Å². The SMILES string of the molecule is CCc1cc(-c2cc[n+](C)cc2)on1. The van der Waals surface area contributed by atoms with Gasteiger partial charge in [0, 0.05) is 23.8 Å². The minimum Gasteiger partial charge on any atom is -0.356 e. The van der Waals surface area contributed by atoms with E-state index in [1.165, 1.54) is 0 Å². The molecule has 2 rings (SSSR count). The summed E-state index contributed by atoms with van der Waals surface area (Å²) in [6.45, 7) is 2.06. The van der Waals surface area contributed by atoms with Gasteiger partial charge in [0.25, 0.3) is 0 Å². The van der Waals surface area contributed by atoms with Crippen LogP contribution >= 0.6 is 0 Å². The lowest BCUT2D eigenvalue weighted by molar-refractivity contribution is -0.671. The number of rotatable bonds is 2. The van der Waals surface area contributed by atoms with Crippen LogP contribution in [-0.2, 0) is 13.5 Å². The van der Waals surface area contributed by atoms with Crippen LogP contribution < -0.4 is 4.57 Å². The first kappa shape index (κ1) is 8.94. The Morgan fingerprint density at radius 3 is 2.64 bits per heavy atom. The third-order valence-electron chi connectivity index (χ3n) is 2.18. The van der Waals surface area contributed by atoms with Gasteiger partial charge in [-0.3, -0.25) is 0 Å². The molecule has 72 valence electrons. The van der Waals surface area contributed by atoms with E-state index in [1.54, 1.807) is 0 Å². The third-order valence-corrected chi connectivity index (χ3v) is 2.18. The lowest BCUT2D eigenvalue weighted by Crippen LogP contribution is -2.25. The second-order valence-corrected chi connectivity index (χ2v) is 3.29. The Hall–Kier alpha value is -1.64. The second kappa shape index (κ2) is 3.62. The minimum atomic E-state index is 0.836. The van der Waals surface area contributed by atoms with E-state index in [-0.39, 0.29) is 0 Å². The van der Waals surface area contributed by atoms with Gasteiger partial charge in [0.1, 0.15) is 7.05 Å². The van der Waals surface area contributed by atoms with Crippen molar-refractivity contribution in [3.8, 4) is 11.3 Å². The summed E-state index contributed by atoms with van der Waals surface area (Å²) in [6.07, 6.45) is 4.89. The Morgan fingerprint density at radius 2 is 2.07 bits per heavy atom. The Kier molecular flexibility index (Phi) is 2.31. The summed E-state index contributed by atoms with van der Waals surface area (Å²) in [5, 5.41) is 3.95. The van der Waals surface area contributed by atoms with Gasteiger partial charge in [0.2, 0.25) is 0 Å². The van der Waals surface area contributed by atoms with Crippen molar-refractivity contribution < 1.29 is 9.09 Å². The summed E-state index contributed by atoms with van der Waals surface area (Å²) in [5.74, 6) is 0.836. The number of nitrogens with zero attached hydrogens (tertiary/aromatic N) is 2. The lowest BCUT2D eigenvalue weighted by atomic mass is 10.2. The van der Waals surface area contributed by atoms with E-state index in [0.717, 1.165) is 23.4 Å². The number of aromatic nitrogens is 2. The molecule has 3 nitrogen and oxygen atoms in total. The first-order chi connectivity index (χ1) is 6.79. The topological polar surface area (TPSA) is 29.9 Å². The molecule has 0 atom stereocenters. The molecule has 0 bridgehead atoms. The first-order valence-corrected chi connectivity index (χ1v) is 4.71. The molecule has 0 aliphatic carbocycles. The molecule has 0 unspecified atom stereocenters. The van der Waals surface area contributed by atoms with Crippen LogP contribution in [0.15, 0.2) is 35.1 Å². The molecule has 0 N–H and O–H groups in total. The maximum atomic E-state index is 5.22. The third kappa shape index (κ3) is 1.66. The fourth-order valence-corrected chi connectivity index (χ4v) is 1.28. The van der Waals surface area contributed by atoms with Crippen molar-refractivity contribution >= 4 is 0 Å². The fourth-order valence-electron chi connectivity index (χ4n) is 1.28. The zero-order valence-corrected chi connectivity index (χ0v) is 8.40. The van der Waals surface area contributed by atoms with Crippen LogP contribution in [-0.4, -0.2) is 5.16 Å². The highest BCUT2D eigenvalue weighted by Gasteiger charge is 2.06. The quantitative estimate of drug-likeness (QED) is 0.673. The highest BCUT2D eigenvalue weighted by molar-refractivity contribution is 5.55.